The predicted molar refractivity (Wildman–Crippen MR) is 87.5 cm³/mol. The standard InChI is InChI=1S/C16H11Cl2N3O/c17-9-7-10-12(21-22-16(10)11(18)8-9)5-6-15-19-13-3-1-2-4-14(13)20-15/h1-4,7-8H,5-6H2,(H,19,20). The molecule has 2 aromatic carbocycles. The number of nitrogens with zero attached hydrogens (tertiary/aromatic N) is 2. The van der Waals surface area contributed by atoms with Crippen molar-refractivity contribution in [3.05, 3.63) is 58.0 Å². The molecule has 0 aliphatic carbocycles. The molecule has 110 valence electrons. The summed E-state index contributed by atoms with van der Waals surface area (Å²) in [4.78, 5) is 7.87. The summed E-state index contributed by atoms with van der Waals surface area (Å²) in [6.45, 7) is 0. The van der Waals surface area contributed by atoms with Gasteiger partial charge in [0.1, 0.15) is 5.82 Å². The van der Waals surface area contributed by atoms with Crippen molar-refractivity contribution in [3.63, 3.8) is 0 Å². The third-order valence-electron chi connectivity index (χ3n) is 3.60. The van der Waals surface area contributed by atoms with Crippen LogP contribution in [-0.4, -0.2) is 15.1 Å². The molecule has 0 fully saturated rings. The average Bonchev–Trinajstić information content (AvgIpc) is 3.08. The maximum absolute atomic E-state index is 6.11. The van der Waals surface area contributed by atoms with Crippen LogP contribution in [0.15, 0.2) is 40.9 Å². The van der Waals surface area contributed by atoms with E-state index in [0.717, 1.165) is 34.4 Å². The van der Waals surface area contributed by atoms with Gasteiger partial charge in [0.05, 0.1) is 21.7 Å². The smallest absolute Gasteiger partial charge is 0.185 e. The minimum absolute atomic E-state index is 0.477. The first-order valence-corrected chi connectivity index (χ1v) is 7.63. The predicted octanol–water partition coefficient (Wildman–Crippen LogP) is 4.80. The van der Waals surface area contributed by atoms with Crippen LogP contribution in [0.25, 0.3) is 22.0 Å². The lowest BCUT2D eigenvalue weighted by molar-refractivity contribution is 0.445. The lowest BCUT2D eigenvalue weighted by Gasteiger charge is -1.96. The van der Waals surface area contributed by atoms with Gasteiger partial charge in [-0.2, -0.15) is 0 Å². The lowest BCUT2D eigenvalue weighted by Crippen LogP contribution is -1.94. The fraction of sp³-hybridized carbons (Fsp3) is 0.125. The van der Waals surface area contributed by atoms with Crippen LogP contribution in [0.5, 0.6) is 0 Å². The van der Waals surface area contributed by atoms with E-state index in [1.807, 2.05) is 30.3 Å². The van der Waals surface area contributed by atoms with Crippen molar-refractivity contribution in [2.75, 3.05) is 0 Å². The molecule has 0 saturated heterocycles. The zero-order valence-electron chi connectivity index (χ0n) is 11.4. The van der Waals surface area contributed by atoms with E-state index in [0.29, 0.717) is 22.0 Å². The zero-order chi connectivity index (χ0) is 15.1. The van der Waals surface area contributed by atoms with Gasteiger partial charge >= 0.3 is 0 Å². The van der Waals surface area contributed by atoms with Gasteiger partial charge in [0, 0.05) is 23.3 Å². The number of hydrogen-bond acceptors (Lipinski definition) is 3. The maximum Gasteiger partial charge on any atom is 0.185 e. The van der Waals surface area contributed by atoms with E-state index in [1.54, 1.807) is 6.07 Å². The number of aromatic amines is 1. The summed E-state index contributed by atoms with van der Waals surface area (Å²) in [5.41, 5.74) is 3.41. The first-order chi connectivity index (χ1) is 10.7. The second kappa shape index (κ2) is 5.30. The molecule has 0 atom stereocenters. The molecule has 0 unspecified atom stereocenters. The van der Waals surface area contributed by atoms with E-state index in [1.165, 1.54) is 0 Å². The van der Waals surface area contributed by atoms with Crippen LogP contribution in [0.4, 0.5) is 0 Å². The van der Waals surface area contributed by atoms with Crippen molar-refractivity contribution in [2.24, 2.45) is 0 Å². The fourth-order valence-corrected chi connectivity index (χ4v) is 3.09. The third-order valence-corrected chi connectivity index (χ3v) is 4.10. The Balaban J connectivity index is 1.63. The Morgan fingerprint density at radius 2 is 1.95 bits per heavy atom. The number of para-hydroxylation sites is 2. The summed E-state index contributed by atoms with van der Waals surface area (Å²) < 4.78 is 5.31. The molecule has 2 heterocycles. The third kappa shape index (κ3) is 2.34. The molecule has 0 saturated carbocycles. The highest BCUT2D eigenvalue weighted by Crippen LogP contribution is 2.30. The van der Waals surface area contributed by atoms with Crippen LogP contribution < -0.4 is 0 Å². The quantitative estimate of drug-likeness (QED) is 0.586. The molecule has 0 aliphatic heterocycles. The summed E-state index contributed by atoms with van der Waals surface area (Å²) in [7, 11) is 0. The molecule has 22 heavy (non-hydrogen) atoms. The van der Waals surface area contributed by atoms with E-state index in [-0.39, 0.29) is 0 Å². The van der Waals surface area contributed by atoms with Crippen LogP contribution in [0.2, 0.25) is 10.0 Å². The van der Waals surface area contributed by atoms with Crippen LogP contribution in [0.3, 0.4) is 0 Å². The minimum atomic E-state index is 0.477. The Kier molecular flexibility index (Phi) is 3.28. The average molecular weight is 332 g/mol. The normalized spacial score (nSPS) is 11.5. The Bertz CT molecular complexity index is 941. The summed E-state index contributed by atoms with van der Waals surface area (Å²) in [5.74, 6) is 0.922. The van der Waals surface area contributed by atoms with Gasteiger partial charge in [-0.05, 0) is 24.3 Å². The molecular weight excluding hydrogens is 321 g/mol. The van der Waals surface area contributed by atoms with E-state index >= 15 is 0 Å². The maximum atomic E-state index is 6.11. The summed E-state index contributed by atoms with van der Waals surface area (Å²) >= 11 is 12.2. The number of benzene rings is 2. The topological polar surface area (TPSA) is 54.7 Å². The minimum Gasteiger partial charge on any atom is -0.354 e. The first-order valence-electron chi connectivity index (χ1n) is 6.87. The number of halogens is 2. The van der Waals surface area contributed by atoms with Gasteiger partial charge in [-0.1, -0.05) is 40.5 Å². The fourth-order valence-electron chi connectivity index (χ4n) is 2.56. The molecule has 4 aromatic rings. The Labute approximate surface area is 136 Å². The molecule has 0 aliphatic rings. The molecule has 2 aromatic heterocycles. The van der Waals surface area contributed by atoms with E-state index in [9.17, 15) is 0 Å². The largest absolute Gasteiger partial charge is 0.354 e. The van der Waals surface area contributed by atoms with Gasteiger partial charge in [0.2, 0.25) is 0 Å². The van der Waals surface area contributed by atoms with Gasteiger partial charge in [0.15, 0.2) is 5.58 Å². The van der Waals surface area contributed by atoms with Gasteiger partial charge in [-0.15, -0.1) is 0 Å². The number of rotatable bonds is 3. The second-order valence-corrected chi connectivity index (χ2v) is 5.94. The molecule has 0 spiro atoms. The zero-order valence-corrected chi connectivity index (χ0v) is 12.9. The Hall–Kier alpha value is -2.04. The van der Waals surface area contributed by atoms with Crippen molar-refractivity contribution < 1.29 is 4.52 Å². The highest BCUT2D eigenvalue weighted by atomic mass is 35.5. The molecule has 4 rings (SSSR count). The highest BCUT2D eigenvalue weighted by Gasteiger charge is 2.13. The lowest BCUT2D eigenvalue weighted by atomic mass is 10.1. The summed E-state index contributed by atoms with van der Waals surface area (Å²) in [6, 6.07) is 11.4. The van der Waals surface area contributed by atoms with Gasteiger partial charge in [-0.3, -0.25) is 0 Å². The first kappa shape index (κ1) is 13.6. The molecular formula is C16H11Cl2N3O. The molecule has 1 N–H and O–H groups in total. The summed E-state index contributed by atoms with van der Waals surface area (Å²) in [5, 5.41) is 6.01. The molecule has 6 heteroatoms. The van der Waals surface area contributed by atoms with Crippen LogP contribution in [0, 0.1) is 0 Å². The summed E-state index contributed by atoms with van der Waals surface area (Å²) in [6.07, 6.45) is 1.43. The SMILES string of the molecule is Clc1cc(Cl)c2onc(CCc3nc4ccccc4[nH]3)c2c1. The van der Waals surface area contributed by atoms with E-state index in [4.69, 9.17) is 27.7 Å². The van der Waals surface area contributed by atoms with Crippen LogP contribution in [-0.2, 0) is 12.8 Å². The van der Waals surface area contributed by atoms with Gasteiger partial charge in [-0.25, -0.2) is 4.98 Å². The van der Waals surface area contributed by atoms with Gasteiger partial charge < -0.3 is 9.51 Å². The highest BCUT2D eigenvalue weighted by molar-refractivity contribution is 6.38. The second-order valence-electron chi connectivity index (χ2n) is 5.09. The van der Waals surface area contributed by atoms with Crippen molar-refractivity contribution in [1.29, 1.82) is 0 Å². The van der Waals surface area contributed by atoms with Crippen molar-refractivity contribution in [1.82, 2.24) is 15.1 Å². The number of H-pyrrole nitrogens is 1. The molecule has 0 radical (unpaired) electrons. The number of fused-ring (bicyclic) bond motifs is 2. The number of imidazole rings is 1. The number of nitrogens with one attached hydrogen (secondary N) is 1. The molecule has 0 amide bonds. The van der Waals surface area contributed by atoms with Crippen LogP contribution >= 0.6 is 23.2 Å². The van der Waals surface area contributed by atoms with Crippen molar-refractivity contribution >= 4 is 45.2 Å². The molecule has 0 bridgehead atoms. The monoisotopic (exact) mass is 331 g/mol. The Morgan fingerprint density at radius 3 is 2.82 bits per heavy atom. The van der Waals surface area contributed by atoms with Crippen molar-refractivity contribution in [3.8, 4) is 0 Å². The van der Waals surface area contributed by atoms with Gasteiger partial charge in [0.25, 0.3) is 0 Å². The number of hydrogen-bond donors (Lipinski definition) is 1. The number of aromatic nitrogens is 3. The van der Waals surface area contributed by atoms with E-state index < -0.39 is 0 Å². The van der Waals surface area contributed by atoms with Crippen molar-refractivity contribution in [2.45, 2.75) is 12.8 Å². The van der Waals surface area contributed by atoms with Crippen LogP contribution in [0.1, 0.15) is 11.5 Å². The molecule has 4 nitrogen and oxygen atoms in total. The van der Waals surface area contributed by atoms with E-state index in [2.05, 4.69) is 15.1 Å². The Morgan fingerprint density at radius 1 is 1.09 bits per heavy atom. The number of aryl methyl sites for hydroxylation is 2.